The molecule has 0 saturated heterocycles. The molecular formula is C31H34N2O3. The van der Waals surface area contributed by atoms with Gasteiger partial charge in [-0.2, -0.15) is 0 Å². The second kappa shape index (κ2) is 10.6. The predicted octanol–water partition coefficient (Wildman–Crippen LogP) is 6.79. The number of fused-ring (bicyclic) bond motifs is 1. The number of anilines is 2. The maximum Gasteiger partial charge on any atom is 0.258 e. The highest BCUT2D eigenvalue weighted by Crippen LogP contribution is 2.44. The van der Waals surface area contributed by atoms with E-state index in [0.29, 0.717) is 17.7 Å². The fraction of sp³-hybridized carbons (Fsp3) is 0.355. The molecule has 5 heteroatoms. The van der Waals surface area contributed by atoms with Crippen molar-refractivity contribution in [3.05, 3.63) is 90.0 Å². The zero-order valence-corrected chi connectivity index (χ0v) is 21.1. The molecule has 0 N–H and O–H groups in total. The van der Waals surface area contributed by atoms with Gasteiger partial charge in [0.2, 0.25) is 5.91 Å². The molecular weight excluding hydrogens is 448 g/mol. The van der Waals surface area contributed by atoms with Crippen LogP contribution in [-0.2, 0) is 4.79 Å². The standard InChI is InChI=1S/C31H34N2O3/c1-22-20-29(33(25-15-7-4-8-16-25)30(34)23-12-5-3-6-13-23)27-18-9-10-19-28(27)32(22)31(35)24-14-11-17-26(21-24)36-2/h4,7-11,14-19,21-23,29H,3,5-6,12-13,20H2,1-2H3/t22-,29+/m1/s1. The van der Waals surface area contributed by atoms with Gasteiger partial charge in [0.05, 0.1) is 13.2 Å². The number of methoxy groups -OCH3 is 1. The minimum Gasteiger partial charge on any atom is -0.497 e. The first-order valence-electron chi connectivity index (χ1n) is 13.0. The van der Waals surface area contributed by atoms with Crippen LogP contribution in [-0.4, -0.2) is 25.0 Å². The summed E-state index contributed by atoms with van der Waals surface area (Å²) >= 11 is 0. The van der Waals surface area contributed by atoms with E-state index in [1.807, 2.05) is 76.5 Å². The molecule has 5 rings (SSSR count). The number of para-hydroxylation sites is 2. The van der Waals surface area contributed by atoms with E-state index in [0.717, 1.165) is 42.6 Å². The Morgan fingerprint density at radius 1 is 0.889 bits per heavy atom. The van der Waals surface area contributed by atoms with Gasteiger partial charge in [0.1, 0.15) is 5.75 Å². The first-order valence-corrected chi connectivity index (χ1v) is 13.0. The average molecular weight is 483 g/mol. The van der Waals surface area contributed by atoms with Gasteiger partial charge in [0, 0.05) is 28.9 Å². The molecule has 1 aliphatic heterocycles. The Labute approximate surface area is 213 Å². The Balaban J connectivity index is 1.55. The fourth-order valence-corrected chi connectivity index (χ4v) is 5.83. The first kappa shape index (κ1) is 24.1. The average Bonchev–Trinajstić information content (AvgIpc) is 2.94. The highest BCUT2D eigenvalue weighted by molar-refractivity contribution is 6.08. The van der Waals surface area contributed by atoms with E-state index in [1.54, 1.807) is 13.2 Å². The van der Waals surface area contributed by atoms with E-state index in [1.165, 1.54) is 6.42 Å². The van der Waals surface area contributed by atoms with Crippen molar-refractivity contribution in [2.24, 2.45) is 5.92 Å². The Kier molecular flexibility index (Phi) is 7.08. The summed E-state index contributed by atoms with van der Waals surface area (Å²) < 4.78 is 5.36. The van der Waals surface area contributed by atoms with Crippen LogP contribution >= 0.6 is 0 Å². The van der Waals surface area contributed by atoms with Crippen molar-refractivity contribution >= 4 is 23.2 Å². The van der Waals surface area contributed by atoms with Crippen molar-refractivity contribution in [3.8, 4) is 5.75 Å². The lowest BCUT2D eigenvalue weighted by Gasteiger charge is -2.44. The number of rotatable bonds is 5. The summed E-state index contributed by atoms with van der Waals surface area (Å²) in [5.41, 5.74) is 3.40. The zero-order valence-electron chi connectivity index (χ0n) is 21.1. The van der Waals surface area contributed by atoms with Gasteiger partial charge < -0.3 is 14.5 Å². The third-order valence-corrected chi connectivity index (χ3v) is 7.63. The molecule has 2 aliphatic rings. The molecule has 36 heavy (non-hydrogen) atoms. The minimum absolute atomic E-state index is 0.0536. The van der Waals surface area contributed by atoms with Crippen LogP contribution in [0.5, 0.6) is 5.75 Å². The lowest BCUT2D eigenvalue weighted by Crippen LogP contribution is -2.49. The first-order chi connectivity index (χ1) is 17.6. The Morgan fingerprint density at radius 3 is 2.36 bits per heavy atom. The minimum atomic E-state index is -0.137. The predicted molar refractivity (Wildman–Crippen MR) is 144 cm³/mol. The number of nitrogens with zero attached hydrogens (tertiary/aromatic N) is 2. The summed E-state index contributed by atoms with van der Waals surface area (Å²) in [7, 11) is 1.61. The van der Waals surface area contributed by atoms with Gasteiger partial charge in [0.15, 0.2) is 0 Å². The summed E-state index contributed by atoms with van der Waals surface area (Å²) in [5.74, 6) is 0.862. The van der Waals surface area contributed by atoms with Crippen molar-refractivity contribution in [3.63, 3.8) is 0 Å². The summed E-state index contributed by atoms with van der Waals surface area (Å²) in [5, 5.41) is 0. The molecule has 186 valence electrons. The zero-order chi connectivity index (χ0) is 25.1. The van der Waals surface area contributed by atoms with E-state index in [-0.39, 0.29) is 29.8 Å². The number of carbonyl (C=O) groups is 2. The molecule has 1 fully saturated rings. The van der Waals surface area contributed by atoms with Crippen LogP contribution < -0.4 is 14.5 Å². The highest BCUT2D eigenvalue weighted by atomic mass is 16.5. The summed E-state index contributed by atoms with van der Waals surface area (Å²) in [6.07, 6.45) is 6.00. The lowest BCUT2D eigenvalue weighted by atomic mass is 9.85. The van der Waals surface area contributed by atoms with E-state index in [2.05, 4.69) is 13.0 Å². The van der Waals surface area contributed by atoms with E-state index in [4.69, 9.17) is 4.74 Å². The molecule has 1 heterocycles. The van der Waals surface area contributed by atoms with Gasteiger partial charge in [-0.25, -0.2) is 0 Å². The van der Waals surface area contributed by atoms with Crippen LogP contribution in [0.15, 0.2) is 78.9 Å². The Hall–Kier alpha value is -3.60. The van der Waals surface area contributed by atoms with Crippen LogP contribution in [0, 0.1) is 5.92 Å². The van der Waals surface area contributed by atoms with Crippen LogP contribution in [0.25, 0.3) is 0 Å². The maximum absolute atomic E-state index is 14.1. The molecule has 0 spiro atoms. The van der Waals surface area contributed by atoms with Gasteiger partial charge in [0.25, 0.3) is 5.91 Å². The van der Waals surface area contributed by atoms with E-state index < -0.39 is 0 Å². The normalized spacial score (nSPS) is 19.9. The number of amides is 2. The number of hydrogen-bond acceptors (Lipinski definition) is 3. The number of carbonyl (C=O) groups excluding carboxylic acids is 2. The van der Waals surface area contributed by atoms with Crippen molar-refractivity contribution in [2.75, 3.05) is 16.9 Å². The number of benzene rings is 3. The number of hydrogen-bond donors (Lipinski definition) is 0. The lowest BCUT2D eigenvalue weighted by molar-refractivity contribution is -0.123. The molecule has 0 unspecified atom stereocenters. The summed E-state index contributed by atoms with van der Waals surface area (Å²) in [4.78, 5) is 31.7. The number of ether oxygens (including phenoxy) is 1. The van der Waals surface area contributed by atoms with Crippen LogP contribution in [0.1, 0.15) is 67.4 Å². The van der Waals surface area contributed by atoms with Crippen molar-refractivity contribution in [2.45, 2.75) is 57.5 Å². The fourth-order valence-electron chi connectivity index (χ4n) is 5.83. The molecule has 3 aromatic rings. The quantitative estimate of drug-likeness (QED) is 0.402. The Morgan fingerprint density at radius 2 is 1.61 bits per heavy atom. The molecule has 2 amide bonds. The monoisotopic (exact) mass is 482 g/mol. The Bertz CT molecular complexity index is 1220. The molecule has 0 bridgehead atoms. The van der Waals surface area contributed by atoms with E-state index in [9.17, 15) is 9.59 Å². The maximum atomic E-state index is 14.1. The van der Waals surface area contributed by atoms with Gasteiger partial charge in [-0.15, -0.1) is 0 Å². The van der Waals surface area contributed by atoms with Crippen molar-refractivity contribution in [1.29, 1.82) is 0 Å². The second-order valence-corrected chi connectivity index (χ2v) is 9.95. The molecule has 1 saturated carbocycles. The van der Waals surface area contributed by atoms with Crippen LogP contribution in [0.3, 0.4) is 0 Å². The van der Waals surface area contributed by atoms with Crippen LogP contribution in [0.2, 0.25) is 0 Å². The molecule has 3 aromatic carbocycles. The van der Waals surface area contributed by atoms with Gasteiger partial charge in [-0.3, -0.25) is 9.59 Å². The summed E-state index contributed by atoms with van der Waals surface area (Å²) in [6, 6.07) is 25.2. The van der Waals surface area contributed by atoms with Crippen molar-refractivity contribution in [1.82, 2.24) is 0 Å². The van der Waals surface area contributed by atoms with Crippen molar-refractivity contribution < 1.29 is 14.3 Å². The smallest absolute Gasteiger partial charge is 0.258 e. The SMILES string of the molecule is COc1cccc(C(=O)N2c3ccccc3[C@@H](N(C(=O)C3CCCCC3)c3ccccc3)C[C@H]2C)c1. The molecule has 2 atom stereocenters. The third kappa shape index (κ3) is 4.62. The molecule has 1 aliphatic carbocycles. The van der Waals surface area contributed by atoms with Gasteiger partial charge in [-0.05, 0) is 68.1 Å². The summed E-state index contributed by atoms with van der Waals surface area (Å²) in [6.45, 7) is 2.08. The molecule has 0 aromatic heterocycles. The van der Waals surface area contributed by atoms with Gasteiger partial charge >= 0.3 is 0 Å². The largest absolute Gasteiger partial charge is 0.497 e. The topological polar surface area (TPSA) is 49.9 Å². The molecule has 5 nitrogen and oxygen atoms in total. The second-order valence-electron chi connectivity index (χ2n) is 9.95. The van der Waals surface area contributed by atoms with E-state index >= 15 is 0 Å². The highest BCUT2D eigenvalue weighted by Gasteiger charge is 2.40. The van der Waals surface area contributed by atoms with Crippen LogP contribution in [0.4, 0.5) is 11.4 Å². The molecule has 0 radical (unpaired) electrons. The third-order valence-electron chi connectivity index (χ3n) is 7.63. The van der Waals surface area contributed by atoms with Gasteiger partial charge in [-0.1, -0.05) is 61.7 Å².